The lowest BCUT2D eigenvalue weighted by Gasteiger charge is -2.03. The summed E-state index contributed by atoms with van der Waals surface area (Å²) >= 11 is 5.56. The molecule has 1 heterocycles. The van der Waals surface area contributed by atoms with Crippen LogP contribution in [0.3, 0.4) is 0 Å². The largest absolute Gasteiger partial charge is 0.399 e. The van der Waals surface area contributed by atoms with Gasteiger partial charge in [-0.3, -0.25) is 9.78 Å². The lowest BCUT2D eigenvalue weighted by atomic mass is 10.1. The molecule has 0 saturated carbocycles. The van der Waals surface area contributed by atoms with Gasteiger partial charge in [-0.05, 0) is 50.2 Å². The van der Waals surface area contributed by atoms with Gasteiger partial charge in [0.1, 0.15) is 0 Å². The van der Waals surface area contributed by atoms with Gasteiger partial charge in [-0.15, -0.1) is 0 Å². The minimum Gasteiger partial charge on any atom is -0.399 e. The first-order chi connectivity index (χ1) is 10.5. The SMILES string of the molecule is CC(=O)c1cc2ccccc2nc1C.Nc1ccc(Cl)cc1. The van der Waals surface area contributed by atoms with Crippen LogP contribution in [0.2, 0.25) is 5.02 Å². The third-order valence-corrected chi connectivity index (χ3v) is 3.42. The van der Waals surface area contributed by atoms with E-state index >= 15 is 0 Å². The third kappa shape index (κ3) is 4.06. The van der Waals surface area contributed by atoms with Crippen molar-refractivity contribution in [1.29, 1.82) is 0 Å². The highest BCUT2D eigenvalue weighted by atomic mass is 35.5. The number of hydrogen-bond donors (Lipinski definition) is 1. The molecule has 3 nitrogen and oxygen atoms in total. The van der Waals surface area contributed by atoms with E-state index in [-0.39, 0.29) is 5.78 Å². The van der Waals surface area contributed by atoms with E-state index in [1.165, 1.54) is 0 Å². The van der Waals surface area contributed by atoms with Crippen LogP contribution in [0.25, 0.3) is 10.9 Å². The molecule has 1 aromatic heterocycles. The summed E-state index contributed by atoms with van der Waals surface area (Å²) in [5, 5.41) is 1.74. The topological polar surface area (TPSA) is 56.0 Å². The molecule has 4 heteroatoms. The Bertz CT molecular complexity index is 777. The first-order valence-corrected chi connectivity index (χ1v) is 7.23. The molecule has 0 fully saturated rings. The fraction of sp³-hybridized carbons (Fsp3) is 0.111. The van der Waals surface area contributed by atoms with Crippen LogP contribution in [-0.2, 0) is 0 Å². The van der Waals surface area contributed by atoms with Gasteiger partial charge in [0.25, 0.3) is 0 Å². The van der Waals surface area contributed by atoms with E-state index in [0.29, 0.717) is 5.56 Å². The predicted molar refractivity (Wildman–Crippen MR) is 92.3 cm³/mol. The quantitative estimate of drug-likeness (QED) is 0.525. The summed E-state index contributed by atoms with van der Waals surface area (Å²) in [6.07, 6.45) is 0. The Morgan fingerprint density at radius 2 is 1.73 bits per heavy atom. The number of aromatic nitrogens is 1. The summed E-state index contributed by atoms with van der Waals surface area (Å²) in [5.41, 5.74) is 8.57. The molecule has 0 bridgehead atoms. The van der Waals surface area contributed by atoms with Crippen molar-refractivity contribution >= 4 is 34.0 Å². The number of nitrogens with zero attached hydrogens (tertiary/aromatic N) is 1. The van der Waals surface area contributed by atoms with E-state index in [1.807, 2.05) is 37.3 Å². The number of aryl methyl sites for hydroxylation is 1. The number of ketones is 1. The number of fused-ring (bicyclic) bond motifs is 1. The summed E-state index contributed by atoms with van der Waals surface area (Å²) in [6.45, 7) is 3.43. The van der Waals surface area contributed by atoms with Gasteiger partial charge in [0.05, 0.1) is 5.52 Å². The van der Waals surface area contributed by atoms with Gasteiger partial charge in [0, 0.05) is 27.4 Å². The highest BCUT2D eigenvalue weighted by Crippen LogP contribution is 2.16. The molecule has 0 aliphatic heterocycles. The number of para-hydroxylation sites is 1. The van der Waals surface area contributed by atoms with Crippen LogP contribution in [0.1, 0.15) is 23.0 Å². The zero-order valence-corrected chi connectivity index (χ0v) is 13.3. The smallest absolute Gasteiger partial charge is 0.161 e. The average molecular weight is 313 g/mol. The maximum Gasteiger partial charge on any atom is 0.161 e. The molecule has 0 amide bonds. The van der Waals surface area contributed by atoms with Gasteiger partial charge in [-0.25, -0.2) is 0 Å². The molecule has 2 N–H and O–H groups in total. The van der Waals surface area contributed by atoms with Crippen molar-refractivity contribution in [2.75, 3.05) is 5.73 Å². The molecular formula is C18H17ClN2O. The fourth-order valence-corrected chi connectivity index (χ4v) is 2.16. The Morgan fingerprint density at radius 3 is 2.32 bits per heavy atom. The fourth-order valence-electron chi connectivity index (χ4n) is 2.03. The number of nitrogen functional groups attached to an aromatic ring is 1. The Labute approximate surface area is 134 Å². The van der Waals surface area contributed by atoms with E-state index in [9.17, 15) is 4.79 Å². The van der Waals surface area contributed by atoms with Crippen LogP contribution < -0.4 is 5.73 Å². The average Bonchev–Trinajstić information content (AvgIpc) is 2.50. The molecule has 0 aliphatic carbocycles. The number of carbonyl (C=O) groups excluding carboxylic acids is 1. The van der Waals surface area contributed by atoms with E-state index in [1.54, 1.807) is 31.2 Å². The Hall–Kier alpha value is -2.39. The Kier molecular flexibility index (Phi) is 5.12. The standard InChI is InChI=1S/C12H11NO.C6H6ClN/c1-8-11(9(2)14)7-10-5-3-4-6-12(10)13-8;7-5-1-3-6(8)4-2-5/h3-7H,1-2H3;1-4H,8H2. The number of anilines is 1. The van der Waals surface area contributed by atoms with Crippen molar-refractivity contribution in [2.45, 2.75) is 13.8 Å². The number of Topliss-reactive ketones (excluding diaryl/α,β-unsaturated/α-hetero) is 1. The third-order valence-electron chi connectivity index (χ3n) is 3.16. The highest BCUT2D eigenvalue weighted by molar-refractivity contribution is 6.30. The summed E-state index contributed by atoms with van der Waals surface area (Å²) < 4.78 is 0. The molecule has 0 atom stereocenters. The number of pyridine rings is 1. The number of rotatable bonds is 1. The lowest BCUT2D eigenvalue weighted by molar-refractivity contribution is 0.101. The van der Waals surface area contributed by atoms with Crippen LogP contribution in [0.4, 0.5) is 5.69 Å². The Balaban J connectivity index is 0.000000188. The second-order valence-corrected chi connectivity index (χ2v) is 5.36. The lowest BCUT2D eigenvalue weighted by Crippen LogP contribution is -1.98. The number of carbonyl (C=O) groups is 1. The molecule has 22 heavy (non-hydrogen) atoms. The molecule has 2 aromatic carbocycles. The first-order valence-electron chi connectivity index (χ1n) is 6.86. The van der Waals surface area contributed by atoms with Crippen LogP contribution in [0.5, 0.6) is 0 Å². The zero-order valence-electron chi connectivity index (χ0n) is 12.5. The van der Waals surface area contributed by atoms with Crippen LogP contribution in [0.15, 0.2) is 54.6 Å². The highest BCUT2D eigenvalue weighted by Gasteiger charge is 2.06. The van der Waals surface area contributed by atoms with Crippen molar-refractivity contribution in [3.05, 3.63) is 70.9 Å². The number of hydrogen-bond acceptors (Lipinski definition) is 3. The molecule has 0 saturated heterocycles. The van der Waals surface area contributed by atoms with Crippen LogP contribution in [0, 0.1) is 6.92 Å². The summed E-state index contributed by atoms with van der Waals surface area (Å²) in [6, 6.07) is 16.8. The molecule has 112 valence electrons. The van der Waals surface area contributed by atoms with Crippen molar-refractivity contribution < 1.29 is 4.79 Å². The number of nitrogens with two attached hydrogens (primary N) is 1. The van der Waals surface area contributed by atoms with E-state index in [4.69, 9.17) is 17.3 Å². The predicted octanol–water partition coefficient (Wildman–Crippen LogP) is 4.67. The van der Waals surface area contributed by atoms with Gasteiger partial charge in [0.15, 0.2) is 5.78 Å². The van der Waals surface area contributed by atoms with Crippen molar-refractivity contribution in [2.24, 2.45) is 0 Å². The summed E-state index contributed by atoms with van der Waals surface area (Å²) in [7, 11) is 0. The summed E-state index contributed by atoms with van der Waals surface area (Å²) in [5.74, 6) is 0.0701. The molecule has 0 spiro atoms. The van der Waals surface area contributed by atoms with E-state index in [0.717, 1.165) is 27.3 Å². The molecular weight excluding hydrogens is 296 g/mol. The monoisotopic (exact) mass is 312 g/mol. The van der Waals surface area contributed by atoms with Crippen molar-refractivity contribution in [1.82, 2.24) is 4.98 Å². The molecule has 0 unspecified atom stereocenters. The minimum atomic E-state index is 0.0701. The second-order valence-electron chi connectivity index (χ2n) is 4.92. The number of halogens is 1. The van der Waals surface area contributed by atoms with Crippen LogP contribution >= 0.6 is 11.6 Å². The van der Waals surface area contributed by atoms with Gasteiger partial charge < -0.3 is 5.73 Å². The van der Waals surface area contributed by atoms with Gasteiger partial charge >= 0.3 is 0 Å². The maximum atomic E-state index is 11.3. The van der Waals surface area contributed by atoms with E-state index in [2.05, 4.69) is 4.98 Å². The summed E-state index contributed by atoms with van der Waals surface area (Å²) in [4.78, 5) is 15.6. The van der Waals surface area contributed by atoms with Crippen molar-refractivity contribution in [3.63, 3.8) is 0 Å². The molecule has 0 radical (unpaired) electrons. The second kappa shape index (κ2) is 7.05. The first kappa shape index (κ1) is 16.0. The van der Waals surface area contributed by atoms with Crippen LogP contribution in [-0.4, -0.2) is 10.8 Å². The molecule has 0 aliphatic rings. The van der Waals surface area contributed by atoms with Gasteiger partial charge in [-0.1, -0.05) is 29.8 Å². The van der Waals surface area contributed by atoms with Gasteiger partial charge in [-0.2, -0.15) is 0 Å². The Morgan fingerprint density at radius 1 is 1.09 bits per heavy atom. The molecule has 3 aromatic rings. The normalized spacial score (nSPS) is 9.95. The van der Waals surface area contributed by atoms with Gasteiger partial charge in [0.2, 0.25) is 0 Å². The number of benzene rings is 2. The minimum absolute atomic E-state index is 0.0701. The molecule has 3 rings (SSSR count). The van der Waals surface area contributed by atoms with Crippen molar-refractivity contribution in [3.8, 4) is 0 Å². The maximum absolute atomic E-state index is 11.3. The zero-order chi connectivity index (χ0) is 16.1. The van der Waals surface area contributed by atoms with E-state index < -0.39 is 0 Å².